The molecule has 1 aromatic carbocycles. The molecular formula is C15H14ClN5OS. The van der Waals surface area contributed by atoms with Gasteiger partial charge in [0, 0.05) is 17.6 Å². The predicted molar refractivity (Wildman–Crippen MR) is 91.4 cm³/mol. The van der Waals surface area contributed by atoms with Gasteiger partial charge in [-0.2, -0.15) is 4.98 Å². The topological polar surface area (TPSA) is 86.7 Å². The highest BCUT2D eigenvalue weighted by molar-refractivity contribution is 7.99. The van der Waals surface area contributed by atoms with Gasteiger partial charge in [0.05, 0.1) is 5.02 Å². The van der Waals surface area contributed by atoms with Crippen molar-refractivity contribution < 1.29 is 5.11 Å². The average Bonchev–Trinajstić information content (AvgIpc) is 3.04. The number of hydrogen-bond acceptors (Lipinski definition) is 6. The number of anilines is 1. The summed E-state index contributed by atoms with van der Waals surface area (Å²) in [6.07, 6.45) is 0.859. The second-order valence-electron chi connectivity index (χ2n) is 4.67. The third-order valence-electron chi connectivity index (χ3n) is 2.91. The predicted octanol–water partition coefficient (Wildman–Crippen LogP) is 3.04. The summed E-state index contributed by atoms with van der Waals surface area (Å²) < 4.78 is 0. The van der Waals surface area contributed by atoms with Gasteiger partial charge in [0.2, 0.25) is 5.16 Å². The van der Waals surface area contributed by atoms with Gasteiger partial charge in [-0.1, -0.05) is 41.6 Å². The molecule has 0 spiro atoms. The first-order chi connectivity index (χ1) is 11.2. The van der Waals surface area contributed by atoms with Crippen LogP contribution in [0.1, 0.15) is 0 Å². The number of aliphatic hydroxyl groups is 1. The third-order valence-corrected chi connectivity index (χ3v) is 4.06. The number of aromatic nitrogens is 4. The summed E-state index contributed by atoms with van der Waals surface area (Å²) in [4.78, 5) is 8.52. The number of para-hydroxylation sites is 1. The van der Waals surface area contributed by atoms with Crippen LogP contribution in [0.4, 0.5) is 5.69 Å². The van der Waals surface area contributed by atoms with Gasteiger partial charge in [0.15, 0.2) is 5.82 Å². The van der Waals surface area contributed by atoms with Crippen LogP contribution in [0.2, 0.25) is 5.02 Å². The minimum Gasteiger partial charge on any atom is -0.373 e. The first kappa shape index (κ1) is 15.8. The smallest absolute Gasteiger partial charge is 0.208 e. The molecule has 3 N–H and O–H groups in total. The Labute approximate surface area is 142 Å². The molecule has 0 saturated heterocycles. The zero-order valence-electron chi connectivity index (χ0n) is 12.0. The molecule has 0 bridgehead atoms. The molecule has 3 rings (SSSR count). The van der Waals surface area contributed by atoms with Crippen LogP contribution >= 0.6 is 23.4 Å². The van der Waals surface area contributed by atoms with Crippen LogP contribution in [0, 0.1) is 0 Å². The standard InChI is InChI=1S/C15H14ClN5OS/c16-10-6-7-12(17-8-10)14-19-15(21-20-14)23-9-13(22)18-11-4-2-1-3-5-11/h1-8,13,18,22H,9H2,(H,19,20,21). The van der Waals surface area contributed by atoms with Gasteiger partial charge >= 0.3 is 0 Å². The molecule has 2 aromatic heterocycles. The Balaban J connectivity index is 1.56. The summed E-state index contributed by atoms with van der Waals surface area (Å²) >= 11 is 7.15. The number of hydrogen-bond donors (Lipinski definition) is 3. The summed E-state index contributed by atoms with van der Waals surface area (Å²) in [6, 6.07) is 13.0. The van der Waals surface area contributed by atoms with Gasteiger partial charge in [-0.3, -0.25) is 10.1 Å². The van der Waals surface area contributed by atoms with Crippen molar-refractivity contribution in [1.82, 2.24) is 20.2 Å². The molecule has 6 nitrogen and oxygen atoms in total. The maximum absolute atomic E-state index is 9.99. The van der Waals surface area contributed by atoms with Gasteiger partial charge in [0.25, 0.3) is 0 Å². The van der Waals surface area contributed by atoms with E-state index in [1.165, 1.54) is 11.8 Å². The quantitative estimate of drug-likeness (QED) is 0.469. The van der Waals surface area contributed by atoms with E-state index in [4.69, 9.17) is 11.6 Å². The lowest BCUT2D eigenvalue weighted by molar-refractivity contribution is 0.229. The first-order valence-electron chi connectivity index (χ1n) is 6.87. The van der Waals surface area contributed by atoms with Crippen molar-refractivity contribution >= 4 is 29.1 Å². The van der Waals surface area contributed by atoms with Crippen LogP contribution < -0.4 is 5.32 Å². The van der Waals surface area contributed by atoms with Crippen molar-refractivity contribution in [3.05, 3.63) is 53.7 Å². The molecule has 0 fully saturated rings. The Kier molecular flexibility index (Phi) is 5.12. The van der Waals surface area contributed by atoms with E-state index in [0.717, 1.165) is 5.69 Å². The summed E-state index contributed by atoms with van der Waals surface area (Å²) in [5.41, 5.74) is 1.53. The largest absolute Gasteiger partial charge is 0.373 e. The van der Waals surface area contributed by atoms with Crippen LogP contribution in [-0.4, -0.2) is 37.3 Å². The van der Waals surface area contributed by atoms with E-state index in [1.54, 1.807) is 18.3 Å². The van der Waals surface area contributed by atoms with E-state index < -0.39 is 6.23 Å². The van der Waals surface area contributed by atoms with Crippen LogP contribution in [0.3, 0.4) is 0 Å². The fraction of sp³-hybridized carbons (Fsp3) is 0.133. The highest BCUT2D eigenvalue weighted by Gasteiger charge is 2.10. The molecule has 0 aliphatic carbocycles. The molecule has 0 aliphatic rings. The maximum Gasteiger partial charge on any atom is 0.208 e. The van der Waals surface area contributed by atoms with Crippen LogP contribution in [0.15, 0.2) is 53.8 Å². The monoisotopic (exact) mass is 347 g/mol. The lowest BCUT2D eigenvalue weighted by Gasteiger charge is -2.12. The molecule has 0 saturated carbocycles. The molecule has 2 heterocycles. The van der Waals surface area contributed by atoms with Crippen LogP contribution in [0.25, 0.3) is 11.5 Å². The number of halogens is 1. The van der Waals surface area contributed by atoms with E-state index in [0.29, 0.717) is 27.5 Å². The number of pyridine rings is 1. The summed E-state index contributed by atoms with van der Waals surface area (Å²) in [6.45, 7) is 0. The van der Waals surface area contributed by atoms with E-state index in [2.05, 4.69) is 25.5 Å². The van der Waals surface area contributed by atoms with Crippen molar-refractivity contribution in [1.29, 1.82) is 0 Å². The van der Waals surface area contributed by atoms with Gasteiger partial charge in [-0.15, -0.1) is 5.10 Å². The molecule has 3 aromatic rings. The lowest BCUT2D eigenvalue weighted by atomic mass is 10.3. The molecule has 8 heteroatoms. The number of rotatable bonds is 6. The maximum atomic E-state index is 9.99. The number of aliphatic hydroxyl groups excluding tert-OH is 1. The van der Waals surface area contributed by atoms with E-state index in [1.807, 2.05) is 30.3 Å². The van der Waals surface area contributed by atoms with Gasteiger partial charge in [-0.25, -0.2) is 0 Å². The van der Waals surface area contributed by atoms with E-state index in [9.17, 15) is 5.11 Å². The first-order valence-corrected chi connectivity index (χ1v) is 8.24. The fourth-order valence-electron chi connectivity index (χ4n) is 1.86. The minimum atomic E-state index is -0.696. The summed E-state index contributed by atoms with van der Waals surface area (Å²) in [5, 5.41) is 21.0. The zero-order chi connectivity index (χ0) is 16.1. The molecule has 0 radical (unpaired) electrons. The minimum absolute atomic E-state index is 0.417. The summed E-state index contributed by atoms with van der Waals surface area (Å²) in [5.74, 6) is 0.981. The number of aromatic amines is 1. The van der Waals surface area contributed by atoms with E-state index >= 15 is 0 Å². The van der Waals surface area contributed by atoms with Gasteiger partial charge in [0.1, 0.15) is 11.9 Å². The number of benzene rings is 1. The summed E-state index contributed by atoms with van der Waals surface area (Å²) in [7, 11) is 0. The highest BCUT2D eigenvalue weighted by atomic mass is 35.5. The number of nitrogens with zero attached hydrogens (tertiary/aromatic N) is 3. The lowest BCUT2D eigenvalue weighted by Crippen LogP contribution is -2.21. The average molecular weight is 348 g/mol. The molecule has 23 heavy (non-hydrogen) atoms. The SMILES string of the molecule is OC(CSc1n[nH]c(-c2ccc(Cl)cn2)n1)Nc1ccccc1. The third kappa shape index (κ3) is 4.44. The van der Waals surface area contributed by atoms with E-state index in [-0.39, 0.29) is 0 Å². The van der Waals surface area contributed by atoms with Crippen LogP contribution in [0.5, 0.6) is 0 Å². The number of H-pyrrole nitrogens is 1. The van der Waals surface area contributed by atoms with Crippen molar-refractivity contribution in [3.8, 4) is 11.5 Å². The van der Waals surface area contributed by atoms with Crippen molar-refractivity contribution in [2.45, 2.75) is 11.4 Å². The Bertz CT molecular complexity index is 750. The highest BCUT2D eigenvalue weighted by Crippen LogP contribution is 2.19. The van der Waals surface area contributed by atoms with Crippen molar-refractivity contribution in [3.63, 3.8) is 0 Å². The Hall–Kier alpha value is -2.09. The van der Waals surface area contributed by atoms with Gasteiger partial charge < -0.3 is 10.4 Å². The number of nitrogens with one attached hydrogen (secondary N) is 2. The van der Waals surface area contributed by atoms with Gasteiger partial charge in [-0.05, 0) is 24.3 Å². The second kappa shape index (κ2) is 7.45. The number of thioether (sulfide) groups is 1. The molecule has 118 valence electrons. The van der Waals surface area contributed by atoms with Crippen LogP contribution in [-0.2, 0) is 0 Å². The Morgan fingerprint density at radius 3 is 2.78 bits per heavy atom. The second-order valence-corrected chi connectivity index (χ2v) is 6.09. The molecule has 1 unspecified atom stereocenters. The van der Waals surface area contributed by atoms with Crippen molar-refractivity contribution in [2.75, 3.05) is 11.1 Å². The Morgan fingerprint density at radius 2 is 2.04 bits per heavy atom. The Morgan fingerprint density at radius 1 is 1.22 bits per heavy atom. The molecule has 1 atom stereocenters. The molecular weight excluding hydrogens is 334 g/mol. The zero-order valence-corrected chi connectivity index (χ0v) is 13.6. The van der Waals surface area contributed by atoms with Crippen molar-refractivity contribution in [2.24, 2.45) is 0 Å². The fourth-order valence-corrected chi connectivity index (χ4v) is 2.63. The normalized spacial score (nSPS) is 12.1. The molecule has 0 amide bonds. The molecule has 0 aliphatic heterocycles.